The fourth-order valence-corrected chi connectivity index (χ4v) is 3.44. The minimum absolute atomic E-state index is 0.192. The van der Waals surface area contributed by atoms with Crippen LogP contribution >= 0.6 is 0 Å². The van der Waals surface area contributed by atoms with E-state index in [0.29, 0.717) is 6.54 Å². The fourth-order valence-electron chi connectivity index (χ4n) is 3.44. The Morgan fingerprint density at radius 2 is 1.75 bits per heavy atom. The molecule has 0 saturated carbocycles. The molecule has 2 fully saturated rings. The van der Waals surface area contributed by atoms with Crippen molar-refractivity contribution in [1.29, 1.82) is 0 Å². The van der Waals surface area contributed by atoms with Crippen molar-refractivity contribution in [3.8, 4) is 0 Å². The van der Waals surface area contributed by atoms with Crippen LogP contribution in [-0.2, 0) is 9.53 Å². The van der Waals surface area contributed by atoms with E-state index < -0.39 is 0 Å². The summed E-state index contributed by atoms with van der Waals surface area (Å²) in [6.45, 7) is 14.2. The van der Waals surface area contributed by atoms with Crippen molar-refractivity contribution < 1.29 is 9.53 Å². The van der Waals surface area contributed by atoms with Gasteiger partial charge in [0.25, 0.3) is 0 Å². The van der Waals surface area contributed by atoms with E-state index in [0.717, 1.165) is 45.7 Å². The molecule has 1 N–H and O–H groups in total. The summed E-state index contributed by atoms with van der Waals surface area (Å²) in [5.41, 5.74) is -0.384. The Kier molecular flexibility index (Phi) is 4.72. The zero-order valence-corrected chi connectivity index (χ0v) is 13.4. The van der Waals surface area contributed by atoms with E-state index in [1.54, 1.807) is 0 Å². The van der Waals surface area contributed by atoms with Crippen LogP contribution in [0.3, 0.4) is 0 Å². The Balaban J connectivity index is 1.92. The highest BCUT2D eigenvalue weighted by atomic mass is 16.5. The molecule has 5 heteroatoms. The number of hydrogen-bond donors (Lipinski definition) is 1. The van der Waals surface area contributed by atoms with Crippen LogP contribution in [0.2, 0.25) is 0 Å². The Morgan fingerprint density at radius 1 is 1.10 bits per heavy atom. The molecule has 1 amide bonds. The van der Waals surface area contributed by atoms with E-state index in [2.05, 4.69) is 37.9 Å². The molecule has 20 heavy (non-hydrogen) atoms. The van der Waals surface area contributed by atoms with Gasteiger partial charge in [-0.3, -0.25) is 9.69 Å². The summed E-state index contributed by atoms with van der Waals surface area (Å²) in [6.07, 6.45) is 1.05. The van der Waals surface area contributed by atoms with Crippen molar-refractivity contribution in [3.05, 3.63) is 0 Å². The summed E-state index contributed by atoms with van der Waals surface area (Å²) in [6, 6.07) is 0. The maximum atomic E-state index is 12.5. The largest absolute Gasteiger partial charge is 0.367 e. The predicted octanol–water partition coefficient (Wildman–Crippen LogP) is 0.698. The van der Waals surface area contributed by atoms with Crippen molar-refractivity contribution in [1.82, 2.24) is 15.1 Å². The number of nitrogens with one attached hydrogen (secondary N) is 1. The third-order valence-corrected chi connectivity index (χ3v) is 3.81. The molecule has 0 bridgehead atoms. The summed E-state index contributed by atoms with van der Waals surface area (Å²) in [5.74, 6) is 0.252. The van der Waals surface area contributed by atoms with Gasteiger partial charge in [0.15, 0.2) is 0 Å². The molecule has 0 radical (unpaired) electrons. The van der Waals surface area contributed by atoms with Crippen molar-refractivity contribution in [2.24, 2.45) is 0 Å². The van der Waals surface area contributed by atoms with Gasteiger partial charge in [-0.1, -0.05) is 0 Å². The minimum atomic E-state index is -0.192. The number of morpholine rings is 1. The molecule has 0 spiro atoms. The van der Waals surface area contributed by atoms with Gasteiger partial charge in [-0.2, -0.15) is 0 Å². The monoisotopic (exact) mass is 283 g/mol. The lowest BCUT2D eigenvalue weighted by Gasteiger charge is -2.47. The van der Waals surface area contributed by atoms with Gasteiger partial charge in [0.05, 0.1) is 17.7 Å². The lowest BCUT2D eigenvalue weighted by atomic mass is 9.99. The molecule has 116 valence electrons. The van der Waals surface area contributed by atoms with E-state index >= 15 is 0 Å². The molecule has 2 saturated heterocycles. The molecule has 2 aliphatic heterocycles. The molecule has 0 atom stereocenters. The van der Waals surface area contributed by atoms with E-state index in [9.17, 15) is 4.79 Å². The van der Waals surface area contributed by atoms with Gasteiger partial charge in [-0.05, 0) is 40.7 Å². The topological polar surface area (TPSA) is 44.8 Å². The van der Waals surface area contributed by atoms with Crippen LogP contribution in [0.1, 0.15) is 34.1 Å². The number of hydrogen-bond acceptors (Lipinski definition) is 4. The van der Waals surface area contributed by atoms with Crippen LogP contribution in [0.5, 0.6) is 0 Å². The first-order chi connectivity index (χ1) is 9.27. The molecule has 0 aromatic heterocycles. The van der Waals surface area contributed by atoms with Crippen molar-refractivity contribution in [2.45, 2.75) is 45.3 Å². The number of amides is 1. The number of carbonyl (C=O) groups is 1. The normalized spacial score (nSPS) is 27.1. The second-order valence-corrected chi connectivity index (χ2v) is 7.25. The molecule has 0 aliphatic carbocycles. The van der Waals surface area contributed by atoms with E-state index in [1.807, 2.05) is 4.90 Å². The van der Waals surface area contributed by atoms with Crippen molar-refractivity contribution in [2.75, 3.05) is 45.8 Å². The maximum absolute atomic E-state index is 12.5. The zero-order chi connectivity index (χ0) is 14.8. The van der Waals surface area contributed by atoms with Gasteiger partial charge in [0.2, 0.25) is 5.91 Å². The number of ether oxygens (including phenoxy) is 1. The van der Waals surface area contributed by atoms with Crippen LogP contribution in [0.15, 0.2) is 0 Å². The average Bonchev–Trinajstić information content (AvgIpc) is 2.52. The smallest absolute Gasteiger partial charge is 0.236 e. The second kappa shape index (κ2) is 6.00. The first kappa shape index (κ1) is 15.7. The number of rotatable bonds is 2. The summed E-state index contributed by atoms with van der Waals surface area (Å²) in [7, 11) is 0. The van der Waals surface area contributed by atoms with Crippen LogP contribution in [0, 0.1) is 0 Å². The van der Waals surface area contributed by atoms with Crippen molar-refractivity contribution in [3.63, 3.8) is 0 Å². The molecular weight excluding hydrogens is 254 g/mol. The third kappa shape index (κ3) is 4.43. The first-order valence-electron chi connectivity index (χ1n) is 7.68. The van der Waals surface area contributed by atoms with Crippen LogP contribution in [0.4, 0.5) is 0 Å². The molecule has 0 unspecified atom stereocenters. The van der Waals surface area contributed by atoms with Gasteiger partial charge < -0.3 is 15.0 Å². The van der Waals surface area contributed by atoms with Gasteiger partial charge >= 0.3 is 0 Å². The predicted molar refractivity (Wildman–Crippen MR) is 79.7 cm³/mol. The lowest BCUT2D eigenvalue weighted by Crippen LogP contribution is -2.59. The molecule has 2 heterocycles. The molecule has 2 rings (SSSR count). The van der Waals surface area contributed by atoms with Crippen LogP contribution in [0.25, 0.3) is 0 Å². The van der Waals surface area contributed by atoms with E-state index in [4.69, 9.17) is 4.74 Å². The summed E-state index contributed by atoms with van der Waals surface area (Å²) >= 11 is 0. The Bertz CT molecular complexity index is 331. The van der Waals surface area contributed by atoms with Gasteiger partial charge in [0, 0.05) is 32.7 Å². The first-order valence-corrected chi connectivity index (χ1v) is 7.68. The van der Waals surface area contributed by atoms with E-state index in [1.165, 1.54) is 0 Å². The highest BCUT2D eigenvalue weighted by Gasteiger charge is 2.38. The average molecular weight is 283 g/mol. The highest BCUT2D eigenvalue weighted by Crippen LogP contribution is 2.27. The molecule has 0 aromatic carbocycles. The summed E-state index contributed by atoms with van der Waals surface area (Å²) in [4.78, 5) is 16.7. The number of nitrogens with zero attached hydrogens (tertiary/aromatic N) is 2. The minimum Gasteiger partial charge on any atom is -0.367 e. The maximum Gasteiger partial charge on any atom is 0.236 e. The molecule has 0 aromatic rings. The third-order valence-electron chi connectivity index (χ3n) is 3.81. The second-order valence-electron chi connectivity index (χ2n) is 7.25. The lowest BCUT2D eigenvalue weighted by molar-refractivity contribution is -0.182. The Labute approximate surface area is 122 Å². The fraction of sp³-hybridized carbons (Fsp3) is 0.933. The zero-order valence-electron chi connectivity index (χ0n) is 13.4. The standard InChI is InChI=1S/C15H29N3O2/c1-14(2)11-17(12-15(3,4)20-14)10-13(19)18-8-5-6-16-7-9-18/h16H,5-12H2,1-4H3. The van der Waals surface area contributed by atoms with Crippen LogP contribution < -0.4 is 5.32 Å². The Morgan fingerprint density at radius 3 is 2.40 bits per heavy atom. The molecular formula is C15H29N3O2. The van der Waals surface area contributed by atoms with Gasteiger partial charge in [-0.15, -0.1) is 0 Å². The summed E-state index contributed by atoms with van der Waals surface area (Å²) < 4.78 is 6.06. The van der Waals surface area contributed by atoms with Crippen molar-refractivity contribution >= 4 is 5.91 Å². The molecule has 5 nitrogen and oxygen atoms in total. The quantitative estimate of drug-likeness (QED) is 0.810. The van der Waals surface area contributed by atoms with Gasteiger partial charge in [-0.25, -0.2) is 0 Å². The number of carbonyl (C=O) groups excluding carboxylic acids is 1. The SMILES string of the molecule is CC1(C)CN(CC(=O)N2CCCNCC2)CC(C)(C)O1. The Hall–Kier alpha value is -0.650. The van der Waals surface area contributed by atoms with Crippen LogP contribution in [-0.4, -0.2) is 72.7 Å². The highest BCUT2D eigenvalue weighted by molar-refractivity contribution is 5.78. The van der Waals surface area contributed by atoms with Gasteiger partial charge in [0.1, 0.15) is 0 Å². The molecule has 2 aliphatic rings. The summed E-state index contributed by atoms with van der Waals surface area (Å²) in [5, 5.41) is 3.33. The van der Waals surface area contributed by atoms with E-state index in [-0.39, 0.29) is 17.1 Å².